The maximum Gasteiger partial charge on any atom is 0.340 e. The van der Waals surface area contributed by atoms with Crippen molar-refractivity contribution in [2.75, 3.05) is 11.5 Å². The number of anilines is 1. The highest BCUT2D eigenvalue weighted by Gasteiger charge is 2.38. The summed E-state index contributed by atoms with van der Waals surface area (Å²) >= 11 is 0. The molecule has 0 N–H and O–H groups in total. The summed E-state index contributed by atoms with van der Waals surface area (Å²) in [4.78, 5) is 37.8. The highest BCUT2D eigenvalue weighted by Crippen LogP contribution is 2.36. The average Bonchev–Trinajstić information content (AvgIpc) is 2.94. The zero-order valence-electron chi connectivity index (χ0n) is 17.3. The molecule has 0 aromatic heterocycles. The van der Waals surface area contributed by atoms with Crippen molar-refractivity contribution in [3.05, 3.63) is 86.1 Å². The van der Waals surface area contributed by atoms with Crippen molar-refractivity contribution in [2.24, 2.45) is 0 Å². The molecule has 1 amide bonds. The number of nitrogens with zero attached hydrogens (tertiary/aromatic N) is 2. The van der Waals surface area contributed by atoms with Crippen molar-refractivity contribution < 1.29 is 19.2 Å². The summed E-state index contributed by atoms with van der Waals surface area (Å²) in [7, 11) is 0. The molecule has 0 fully saturated rings. The van der Waals surface area contributed by atoms with E-state index in [1.807, 2.05) is 32.0 Å². The van der Waals surface area contributed by atoms with Gasteiger partial charge in [-0.05, 0) is 74.7 Å². The summed E-state index contributed by atoms with van der Waals surface area (Å²) in [6, 6.07) is 11.4. The van der Waals surface area contributed by atoms with E-state index < -0.39 is 10.9 Å². The van der Waals surface area contributed by atoms with Crippen LogP contribution in [0.15, 0.2) is 59.3 Å². The Morgan fingerprint density at radius 2 is 1.77 bits per heavy atom. The number of esters is 1. The first-order chi connectivity index (χ1) is 14.2. The molecule has 1 heterocycles. The average molecular weight is 406 g/mol. The fourth-order valence-electron chi connectivity index (χ4n) is 3.32. The van der Waals surface area contributed by atoms with Gasteiger partial charge < -0.3 is 4.74 Å². The molecule has 7 nitrogen and oxygen atoms in total. The minimum absolute atomic E-state index is 0.0519. The first-order valence-electron chi connectivity index (χ1n) is 9.50. The third kappa shape index (κ3) is 3.87. The molecule has 2 aromatic rings. The topological polar surface area (TPSA) is 89.8 Å². The minimum Gasteiger partial charge on any atom is -0.462 e. The summed E-state index contributed by atoms with van der Waals surface area (Å²) in [6.45, 7) is 7.52. The Morgan fingerprint density at radius 1 is 1.10 bits per heavy atom. The van der Waals surface area contributed by atoms with Gasteiger partial charge in [-0.1, -0.05) is 6.07 Å². The van der Waals surface area contributed by atoms with Crippen molar-refractivity contribution in [1.29, 1.82) is 0 Å². The number of nitro benzene ring substituents is 1. The van der Waals surface area contributed by atoms with E-state index in [2.05, 4.69) is 0 Å². The Kier molecular flexibility index (Phi) is 5.82. The number of hydrogen-bond donors (Lipinski definition) is 0. The quantitative estimate of drug-likeness (QED) is 0.316. The predicted octanol–water partition coefficient (Wildman–Crippen LogP) is 4.48. The maximum atomic E-state index is 13.3. The van der Waals surface area contributed by atoms with E-state index in [0.717, 1.165) is 11.1 Å². The van der Waals surface area contributed by atoms with Gasteiger partial charge in [0.2, 0.25) is 0 Å². The summed E-state index contributed by atoms with van der Waals surface area (Å²) in [5, 5.41) is 10.9. The van der Waals surface area contributed by atoms with Crippen LogP contribution in [0.4, 0.5) is 11.4 Å². The van der Waals surface area contributed by atoms with Crippen LogP contribution in [-0.2, 0) is 14.3 Å². The highest BCUT2D eigenvalue weighted by molar-refractivity contribution is 6.23. The Balaban J connectivity index is 2.11. The number of carbonyl (C=O) groups excluding carboxylic acids is 2. The normalized spacial score (nSPS) is 15.1. The van der Waals surface area contributed by atoms with Crippen molar-refractivity contribution >= 4 is 29.3 Å². The molecular weight excluding hydrogens is 384 g/mol. The van der Waals surface area contributed by atoms with Gasteiger partial charge in [-0.25, -0.2) is 4.79 Å². The van der Waals surface area contributed by atoms with Gasteiger partial charge in [-0.3, -0.25) is 19.8 Å². The van der Waals surface area contributed by atoms with E-state index in [0.29, 0.717) is 16.9 Å². The molecule has 0 bridgehead atoms. The van der Waals surface area contributed by atoms with Gasteiger partial charge in [0.25, 0.3) is 11.6 Å². The fourth-order valence-corrected chi connectivity index (χ4v) is 3.32. The molecule has 0 radical (unpaired) electrons. The molecule has 30 heavy (non-hydrogen) atoms. The van der Waals surface area contributed by atoms with Crippen molar-refractivity contribution in [3.8, 4) is 0 Å². The maximum absolute atomic E-state index is 13.3. The monoisotopic (exact) mass is 406 g/mol. The van der Waals surface area contributed by atoms with Crippen LogP contribution in [0.2, 0.25) is 0 Å². The number of rotatable bonds is 5. The van der Waals surface area contributed by atoms with Gasteiger partial charge in [-0.2, -0.15) is 0 Å². The molecule has 0 aliphatic carbocycles. The molecule has 2 aromatic carbocycles. The molecule has 154 valence electrons. The predicted molar refractivity (Wildman–Crippen MR) is 114 cm³/mol. The first-order valence-corrected chi connectivity index (χ1v) is 9.50. The SMILES string of the molecule is CCOC(=O)C1=C(C)N(c2ccc(C)c(C)c2)C(=O)C1=Cc1ccc([N+](=O)[O-])cc1. The smallest absolute Gasteiger partial charge is 0.340 e. The largest absolute Gasteiger partial charge is 0.462 e. The van der Waals surface area contributed by atoms with Crippen molar-refractivity contribution in [3.63, 3.8) is 0 Å². The van der Waals surface area contributed by atoms with Crippen molar-refractivity contribution in [1.82, 2.24) is 0 Å². The number of nitro groups is 1. The van der Waals surface area contributed by atoms with Crippen LogP contribution < -0.4 is 4.90 Å². The molecule has 1 aliphatic heterocycles. The number of ether oxygens (including phenoxy) is 1. The van der Waals surface area contributed by atoms with E-state index in [9.17, 15) is 19.7 Å². The molecule has 0 spiro atoms. The molecule has 1 aliphatic rings. The van der Waals surface area contributed by atoms with Gasteiger partial charge in [0.05, 0.1) is 22.7 Å². The van der Waals surface area contributed by atoms with E-state index >= 15 is 0 Å². The van der Waals surface area contributed by atoms with E-state index in [4.69, 9.17) is 4.74 Å². The van der Waals surface area contributed by atoms with E-state index in [1.54, 1.807) is 19.9 Å². The van der Waals surface area contributed by atoms with Crippen LogP contribution in [0.25, 0.3) is 6.08 Å². The fraction of sp³-hybridized carbons (Fsp3) is 0.217. The Hall–Kier alpha value is -3.74. The lowest BCUT2D eigenvalue weighted by Crippen LogP contribution is -2.24. The van der Waals surface area contributed by atoms with E-state index in [1.165, 1.54) is 29.2 Å². The first kappa shape index (κ1) is 21.0. The minimum atomic E-state index is -0.581. The Bertz CT molecular complexity index is 1100. The molecule has 7 heteroatoms. The number of carbonyl (C=O) groups is 2. The number of non-ortho nitro benzene ring substituents is 1. The summed E-state index contributed by atoms with van der Waals surface area (Å²) in [6.07, 6.45) is 1.56. The zero-order chi connectivity index (χ0) is 22.0. The van der Waals surface area contributed by atoms with Crippen LogP contribution in [0, 0.1) is 24.0 Å². The van der Waals surface area contributed by atoms with Crippen LogP contribution in [0.3, 0.4) is 0 Å². The van der Waals surface area contributed by atoms with Crippen LogP contribution in [0.1, 0.15) is 30.5 Å². The zero-order valence-corrected chi connectivity index (χ0v) is 17.3. The van der Waals surface area contributed by atoms with E-state index in [-0.39, 0.29) is 29.3 Å². The summed E-state index contributed by atoms with van der Waals surface area (Å²) < 4.78 is 5.18. The number of hydrogen-bond acceptors (Lipinski definition) is 5. The van der Waals surface area contributed by atoms with Crippen LogP contribution in [-0.4, -0.2) is 23.4 Å². The molecule has 3 rings (SSSR count). The number of amides is 1. The Labute approximate surface area is 174 Å². The third-order valence-corrected chi connectivity index (χ3v) is 5.04. The summed E-state index contributed by atoms with van der Waals surface area (Å²) in [5.41, 5.74) is 4.17. The van der Waals surface area contributed by atoms with Gasteiger partial charge in [0.1, 0.15) is 0 Å². The van der Waals surface area contributed by atoms with Gasteiger partial charge in [0, 0.05) is 23.5 Å². The molecule has 0 unspecified atom stereocenters. The lowest BCUT2D eigenvalue weighted by atomic mass is 10.0. The van der Waals surface area contributed by atoms with Crippen molar-refractivity contribution in [2.45, 2.75) is 27.7 Å². The molecule has 0 saturated heterocycles. The lowest BCUT2D eigenvalue weighted by Gasteiger charge is -2.19. The second-order valence-electron chi connectivity index (χ2n) is 7.00. The second kappa shape index (κ2) is 8.32. The summed E-state index contributed by atoms with van der Waals surface area (Å²) in [5.74, 6) is -0.931. The number of aryl methyl sites for hydroxylation is 2. The second-order valence-corrected chi connectivity index (χ2v) is 7.00. The third-order valence-electron chi connectivity index (χ3n) is 5.04. The van der Waals surface area contributed by atoms with Gasteiger partial charge >= 0.3 is 5.97 Å². The molecule has 0 saturated carbocycles. The van der Waals surface area contributed by atoms with Gasteiger partial charge in [0.15, 0.2) is 0 Å². The van der Waals surface area contributed by atoms with Gasteiger partial charge in [-0.15, -0.1) is 0 Å². The Morgan fingerprint density at radius 3 is 2.33 bits per heavy atom. The highest BCUT2D eigenvalue weighted by atomic mass is 16.6. The lowest BCUT2D eigenvalue weighted by molar-refractivity contribution is -0.384. The number of benzene rings is 2. The van der Waals surface area contributed by atoms with Crippen LogP contribution in [0.5, 0.6) is 0 Å². The molecular formula is C23H22N2O5. The number of allylic oxidation sites excluding steroid dienone is 1. The standard InChI is InChI=1S/C23H22N2O5/c1-5-30-23(27)21-16(4)24(19-9-6-14(2)15(3)12-19)22(26)20(21)13-17-7-10-18(11-8-17)25(28)29/h6-13H,5H2,1-4H3. The van der Waals surface area contributed by atoms with Crippen LogP contribution >= 0.6 is 0 Å². The molecule has 0 atom stereocenters.